The third-order valence-electron chi connectivity index (χ3n) is 3.92. The van der Waals surface area contributed by atoms with Gasteiger partial charge in [-0.05, 0) is 19.3 Å². The quantitative estimate of drug-likeness (QED) is 0.714. The lowest BCUT2D eigenvalue weighted by Crippen LogP contribution is -2.49. The Labute approximate surface area is 108 Å². The Hall–Kier alpha value is -1.10. The van der Waals surface area contributed by atoms with Crippen molar-refractivity contribution in [2.45, 2.75) is 57.0 Å². The molecule has 0 bridgehead atoms. The fraction of sp³-hybridized carbons (Fsp3) is 0.846. The van der Waals surface area contributed by atoms with E-state index in [4.69, 9.17) is 5.73 Å². The van der Waals surface area contributed by atoms with Crippen LogP contribution in [0, 0.1) is 0 Å². The van der Waals surface area contributed by atoms with Gasteiger partial charge in [-0.15, -0.1) is 0 Å². The van der Waals surface area contributed by atoms with Crippen molar-refractivity contribution in [3.63, 3.8) is 0 Å². The van der Waals surface area contributed by atoms with E-state index in [1.54, 1.807) is 4.90 Å². The Morgan fingerprint density at radius 1 is 1.28 bits per heavy atom. The summed E-state index contributed by atoms with van der Waals surface area (Å²) in [6.45, 7) is 0.908. The topological polar surface area (TPSA) is 75.4 Å². The molecule has 1 aliphatic heterocycles. The van der Waals surface area contributed by atoms with Crippen LogP contribution in [0.3, 0.4) is 0 Å². The molecule has 0 radical (unpaired) electrons. The van der Waals surface area contributed by atoms with Gasteiger partial charge in [0, 0.05) is 25.0 Å². The molecule has 1 aliphatic carbocycles. The van der Waals surface area contributed by atoms with Crippen LogP contribution in [0.15, 0.2) is 0 Å². The average Bonchev–Trinajstić information content (AvgIpc) is 2.61. The number of likely N-dealkylation sites (tertiary alicyclic amines) is 1. The maximum absolute atomic E-state index is 11.9. The minimum Gasteiger partial charge on any atom is -0.350 e. The number of nitrogens with two attached hydrogens (primary N) is 1. The number of amides is 2. The van der Waals surface area contributed by atoms with Crippen LogP contribution in [0.1, 0.15) is 44.9 Å². The van der Waals surface area contributed by atoms with Gasteiger partial charge in [0.1, 0.15) is 0 Å². The zero-order valence-corrected chi connectivity index (χ0v) is 10.9. The van der Waals surface area contributed by atoms with E-state index in [2.05, 4.69) is 5.32 Å². The van der Waals surface area contributed by atoms with Crippen LogP contribution in [0.5, 0.6) is 0 Å². The molecule has 0 spiro atoms. The molecule has 102 valence electrons. The molecule has 5 heteroatoms. The Morgan fingerprint density at radius 2 is 2.06 bits per heavy atom. The third-order valence-corrected chi connectivity index (χ3v) is 3.92. The first kappa shape index (κ1) is 13.3. The molecule has 0 aromatic carbocycles. The van der Waals surface area contributed by atoms with Crippen molar-refractivity contribution >= 4 is 11.8 Å². The predicted molar refractivity (Wildman–Crippen MR) is 68.8 cm³/mol. The molecule has 1 saturated heterocycles. The summed E-state index contributed by atoms with van der Waals surface area (Å²) in [5, 5.41) is 3.00. The van der Waals surface area contributed by atoms with E-state index in [-0.39, 0.29) is 30.4 Å². The second-order valence-corrected chi connectivity index (χ2v) is 5.39. The standard InChI is InChI=1S/C13H23N3O2/c14-10-5-2-1-3-6-11(10)15-12(17)9-16-8-4-7-13(16)18/h10-11H,1-9,14H2,(H,15,17). The maximum Gasteiger partial charge on any atom is 0.239 e. The summed E-state index contributed by atoms with van der Waals surface area (Å²) in [7, 11) is 0. The van der Waals surface area contributed by atoms with Crippen molar-refractivity contribution in [1.82, 2.24) is 10.2 Å². The summed E-state index contributed by atoms with van der Waals surface area (Å²) in [4.78, 5) is 25.0. The molecule has 0 aromatic heterocycles. The molecule has 3 N–H and O–H groups in total. The van der Waals surface area contributed by atoms with Crippen LogP contribution in [-0.2, 0) is 9.59 Å². The van der Waals surface area contributed by atoms with Crippen molar-refractivity contribution in [3.05, 3.63) is 0 Å². The molecule has 5 nitrogen and oxygen atoms in total. The van der Waals surface area contributed by atoms with Gasteiger partial charge in [-0.25, -0.2) is 0 Å². The SMILES string of the molecule is NC1CCCCCC1NC(=O)CN1CCCC1=O. The van der Waals surface area contributed by atoms with Crippen LogP contribution >= 0.6 is 0 Å². The van der Waals surface area contributed by atoms with Crippen LogP contribution in [-0.4, -0.2) is 41.9 Å². The Bertz CT molecular complexity index is 319. The van der Waals surface area contributed by atoms with E-state index >= 15 is 0 Å². The lowest BCUT2D eigenvalue weighted by molar-refractivity contribution is -0.133. The molecule has 0 aromatic rings. The van der Waals surface area contributed by atoms with Crippen LogP contribution in [0.25, 0.3) is 0 Å². The highest BCUT2D eigenvalue weighted by Crippen LogP contribution is 2.17. The second kappa shape index (κ2) is 6.18. The van der Waals surface area contributed by atoms with E-state index in [1.165, 1.54) is 6.42 Å². The molecular formula is C13H23N3O2. The highest BCUT2D eigenvalue weighted by Gasteiger charge is 2.25. The summed E-state index contributed by atoms with van der Waals surface area (Å²) in [5.74, 6) is 0.0305. The number of nitrogens with one attached hydrogen (secondary N) is 1. The van der Waals surface area contributed by atoms with E-state index in [9.17, 15) is 9.59 Å². The zero-order valence-electron chi connectivity index (χ0n) is 10.9. The minimum atomic E-state index is -0.0624. The largest absolute Gasteiger partial charge is 0.350 e. The smallest absolute Gasteiger partial charge is 0.239 e. The summed E-state index contributed by atoms with van der Waals surface area (Å²) in [6.07, 6.45) is 6.86. The highest BCUT2D eigenvalue weighted by molar-refractivity contribution is 5.85. The van der Waals surface area contributed by atoms with Gasteiger partial charge >= 0.3 is 0 Å². The molecule has 1 saturated carbocycles. The predicted octanol–water partition coefficient (Wildman–Crippen LogP) is 0.385. The molecule has 2 fully saturated rings. The van der Waals surface area contributed by atoms with Gasteiger partial charge in [0.05, 0.1) is 6.54 Å². The molecule has 1 heterocycles. The first-order chi connectivity index (χ1) is 8.66. The number of rotatable bonds is 3. The van der Waals surface area contributed by atoms with Gasteiger partial charge in [-0.3, -0.25) is 9.59 Å². The Kier molecular flexibility index (Phi) is 4.58. The van der Waals surface area contributed by atoms with Gasteiger partial charge in [0.25, 0.3) is 0 Å². The molecule has 2 atom stereocenters. The van der Waals surface area contributed by atoms with Gasteiger partial charge in [-0.2, -0.15) is 0 Å². The second-order valence-electron chi connectivity index (χ2n) is 5.39. The first-order valence-corrected chi connectivity index (χ1v) is 6.99. The average molecular weight is 253 g/mol. The summed E-state index contributed by atoms with van der Waals surface area (Å²) >= 11 is 0. The number of carbonyl (C=O) groups is 2. The molecule has 18 heavy (non-hydrogen) atoms. The van der Waals surface area contributed by atoms with Crippen molar-refractivity contribution in [3.8, 4) is 0 Å². The normalized spacial score (nSPS) is 29.2. The minimum absolute atomic E-state index is 0.0609. The van der Waals surface area contributed by atoms with Crippen molar-refractivity contribution in [2.24, 2.45) is 5.73 Å². The number of carbonyl (C=O) groups excluding carboxylic acids is 2. The monoisotopic (exact) mass is 253 g/mol. The highest BCUT2D eigenvalue weighted by atomic mass is 16.2. The van der Waals surface area contributed by atoms with E-state index in [0.29, 0.717) is 13.0 Å². The van der Waals surface area contributed by atoms with E-state index < -0.39 is 0 Å². The maximum atomic E-state index is 11.9. The van der Waals surface area contributed by atoms with Crippen molar-refractivity contribution in [2.75, 3.05) is 13.1 Å². The van der Waals surface area contributed by atoms with E-state index in [1.807, 2.05) is 0 Å². The van der Waals surface area contributed by atoms with Gasteiger partial charge in [-0.1, -0.05) is 19.3 Å². The zero-order chi connectivity index (χ0) is 13.0. The van der Waals surface area contributed by atoms with Crippen LogP contribution in [0.4, 0.5) is 0 Å². The van der Waals surface area contributed by atoms with Crippen LogP contribution < -0.4 is 11.1 Å². The Balaban J connectivity index is 1.80. The number of hydrogen-bond donors (Lipinski definition) is 2. The first-order valence-electron chi connectivity index (χ1n) is 6.99. The lowest BCUT2D eigenvalue weighted by atomic mass is 10.0. The number of nitrogens with zero attached hydrogens (tertiary/aromatic N) is 1. The van der Waals surface area contributed by atoms with Gasteiger partial charge < -0.3 is 16.0 Å². The fourth-order valence-electron chi connectivity index (χ4n) is 2.81. The summed E-state index contributed by atoms with van der Waals surface area (Å²) < 4.78 is 0. The summed E-state index contributed by atoms with van der Waals surface area (Å²) in [5.41, 5.74) is 6.07. The van der Waals surface area contributed by atoms with E-state index in [0.717, 1.165) is 32.1 Å². The fourth-order valence-corrected chi connectivity index (χ4v) is 2.81. The van der Waals surface area contributed by atoms with Gasteiger partial charge in [0.2, 0.25) is 11.8 Å². The van der Waals surface area contributed by atoms with Crippen molar-refractivity contribution in [1.29, 1.82) is 0 Å². The molecular weight excluding hydrogens is 230 g/mol. The molecule has 2 rings (SSSR count). The van der Waals surface area contributed by atoms with Crippen molar-refractivity contribution < 1.29 is 9.59 Å². The number of hydrogen-bond acceptors (Lipinski definition) is 3. The lowest BCUT2D eigenvalue weighted by Gasteiger charge is -2.24. The molecule has 2 unspecified atom stereocenters. The Morgan fingerprint density at radius 3 is 2.78 bits per heavy atom. The van der Waals surface area contributed by atoms with Crippen LogP contribution in [0.2, 0.25) is 0 Å². The molecule has 2 aliphatic rings. The molecule has 2 amide bonds. The van der Waals surface area contributed by atoms with Gasteiger partial charge in [0.15, 0.2) is 0 Å². The summed E-state index contributed by atoms with van der Waals surface area (Å²) in [6, 6.07) is 0.142. The third kappa shape index (κ3) is 3.45.